The number of carboxylic acid groups (broad SMARTS) is 1. The van der Waals surface area contributed by atoms with Crippen LogP contribution in [0.5, 0.6) is 0 Å². The number of benzene rings is 2. The number of rotatable bonds is 5. The molecule has 2 aromatic carbocycles. The van der Waals surface area contributed by atoms with Gasteiger partial charge in [-0.2, -0.15) is 0 Å². The molecular weight excluding hydrogens is 348 g/mol. The van der Waals surface area contributed by atoms with Crippen molar-refractivity contribution in [3.05, 3.63) is 58.6 Å². The van der Waals surface area contributed by atoms with Gasteiger partial charge in [0.1, 0.15) is 0 Å². The molecule has 2 aromatic rings. The lowest BCUT2D eigenvalue weighted by atomic mass is 10.1. The number of para-hydroxylation sites is 1. The molecule has 0 bridgehead atoms. The van der Waals surface area contributed by atoms with Gasteiger partial charge in [0.2, 0.25) is 0 Å². The van der Waals surface area contributed by atoms with Gasteiger partial charge in [0.25, 0.3) is 0 Å². The Morgan fingerprint density at radius 3 is 2.36 bits per heavy atom. The Labute approximate surface area is 136 Å². The summed E-state index contributed by atoms with van der Waals surface area (Å²) in [6.07, 6.45) is 0.386. The van der Waals surface area contributed by atoms with Gasteiger partial charge in [-0.05, 0) is 42.3 Å². The van der Waals surface area contributed by atoms with E-state index in [0.717, 1.165) is 10.0 Å². The molecule has 6 heteroatoms. The number of halogens is 1. The number of hydrogen-bond acceptors (Lipinski definition) is 2. The van der Waals surface area contributed by atoms with Gasteiger partial charge < -0.3 is 15.7 Å². The number of anilines is 2. The van der Waals surface area contributed by atoms with Gasteiger partial charge in [0, 0.05) is 22.3 Å². The van der Waals surface area contributed by atoms with Crippen LogP contribution in [-0.2, 0) is 11.2 Å². The Hall–Kier alpha value is -2.34. The first-order valence-electron chi connectivity index (χ1n) is 6.68. The second-order valence-corrected chi connectivity index (χ2v) is 5.55. The Morgan fingerprint density at radius 2 is 1.68 bits per heavy atom. The molecule has 0 saturated heterocycles. The lowest BCUT2D eigenvalue weighted by Crippen LogP contribution is -2.20. The zero-order valence-electron chi connectivity index (χ0n) is 11.7. The molecule has 2 rings (SSSR count). The molecule has 0 aliphatic heterocycles. The summed E-state index contributed by atoms with van der Waals surface area (Å²) in [4.78, 5) is 22.7. The van der Waals surface area contributed by atoms with E-state index in [0.29, 0.717) is 17.8 Å². The van der Waals surface area contributed by atoms with Gasteiger partial charge >= 0.3 is 12.0 Å². The molecular formula is C16H15BrN2O3. The van der Waals surface area contributed by atoms with Gasteiger partial charge in [0.15, 0.2) is 0 Å². The van der Waals surface area contributed by atoms with Gasteiger partial charge in [-0.15, -0.1) is 0 Å². The average Bonchev–Trinajstić information content (AvgIpc) is 2.48. The second kappa shape index (κ2) is 7.61. The molecule has 0 fully saturated rings. The van der Waals surface area contributed by atoms with E-state index >= 15 is 0 Å². The SMILES string of the molecule is O=C(O)CCc1ccccc1NC(=O)Nc1ccc(Br)cc1. The maximum atomic E-state index is 12.0. The number of carbonyl (C=O) groups excluding carboxylic acids is 1. The lowest BCUT2D eigenvalue weighted by Gasteiger charge is -2.11. The fraction of sp³-hybridized carbons (Fsp3) is 0.125. The number of carboxylic acids is 1. The molecule has 0 radical (unpaired) electrons. The third kappa shape index (κ3) is 4.89. The maximum Gasteiger partial charge on any atom is 0.323 e. The number of aryl methyl sites for hydroxylation is 1. The van der Waals surface area contributed by atoms with Crippen molar-refractivity contribution in [3.8, 4) is 0 Å². The van der Waals surface area contributed by atoms with E-state index in [9.17, 15) is 9.59 Å². The maximum absolute atomic E-state index is 12.0. The van der Waals surface area contributed by atoms with E-state index in [-0.39, 0.29) is 12.5 Å². The molecule has 5 nitrogen and oxygen atoms in total. The molecule has 0 aromatic heterocycles. The van der Waals surface area contributed by atoms with Crippen molar-refractivity contribution >= 4 is 39.3 Å². The van der Waals surface area contributed by atoms with Crippen LogP contribution in [0.2, 0.25) is 0 Å². The zero-order valence-corrected chi connectivity index (χ0v) is 13.3. The molecule has 22 heavy (non-hydrogen) atoms. The first kappa shape index (κ1) is 16.0. The third-order valence-electron chi connectivity index (χ3n) is 2.98. The Bertz CT molecular complexity index is 671. The molecule has 0 unspecified atom stereocenters. The molecule has 0 heterocycles. The number of urea groups is 1. The van der Waals surface area contributed by atoms with Crippen LogP contribution >= 0.6 is 15.9 Å². The van der Waals surface area contributed by atoms with E-state index in [1.165, 1.54) is 0 Å². The molecule has 0 atom stereocenters. The van der Waals surface area contributed by atoms with E-state index in [1.54, 1.807) is 30.3 Å². The van der Waals surface area contributed by atoms with Crippen LogP contribution in [0.15, 0.2) is 53.0 Å². The smallest absolute Gasteiger partial charge is 0.323 e. The summed E-state index contributed by atoms with van der Waals surface area (Å²) < 4.78 is 0.928. The predicted octanol–water partition coefficient (Wildman–Crippen LogP) is 4.11. The normalized spacial score (nSPS) is 10.0. The monoisotopic (exact) mass is 362 g/mol. The lowest BCUT2D eigenvalue weighted by molar-refractivity contribution is -0.136. The van der Waals surface area contributed by atoms with E-state index in [1.807, 2.05) is 18.2 Å². The average molecular weight is 363 g/mol. The Morgan fingerprint density at radius 1 is 1.00 bits per heavy atom. The highest BCUT2D eigenvalue weighted by Gasteiger charge is 2.08. The minimum absolute atomic E-state index is 0.0209. The highest BCUT2D eigenvalue weighted by Crippen LogP contribution is 2.18. The number of hydrogen-bond donors (Lipinski definition) is 3. The summed E-state index contributed by atoms with van der Waals surface area (Å²) in [7, 11) is 0. The first-order valence-corrected chi connectivity index (χ1v) is 7.47. The molecule has 0 aliphatic rings. The minimum Gasteiger partial charge on any atom is -0.481 e. The fourth-order valence-electron chi connectivity index (χ4n) is 1.92. The van der Waals surface area contributed by atoms with Crippen molar-refractivity contribution in [1.82, 2.24) is 0 Å². The van der Waals surface area contributed by atoms with Crippen molar-refractivity contribution in [3.63, 3.8) is 0 Å². The van der Waals surface area contributed by atoms with Gasteiger partial charge in [-0.3, -0.25) is 4.79 Å². The van der Waals surface area contributed by atoms with Crippen molar-refractivity contribution in [2.75, 3.05) is 10.6 Å². The summed E-state index contributed by atoms with van der Waals surface area (Å²) in [5.41, 5.74) is 2.07. The van der Waals surface area contributed by atoms with Crippen LogP contribution in [0, 0.1) is 0 Å². The van der Waals surface area contributed by atoms with Crippen LogP contribution in [-0.4, -0.2) is 17.1 Å². The topological polar surface area (TPSA) is 78.4 Å². The fourth-order valence-corrected chi connectivity index (χ4v) is 2.18. The van der Waals surface area contributed by atoms with Crippen molar-refractivity contribution in [2.24, 2.45) is 0 Å². The predicted molar refractivity (Wildman–Crippen MR) is 89.2 cm³/mol. The van der Waals surface area contributed by atoms with E-state index in [2.05, 4.69) is 26.6 Å². The van der Waals surface area contributed by atoms with Crippen LogP contribution < -0.4 is 10.6 Å². The number of amides is 2. The molecule has 3 N–H and O–H groups in total. The molecule has 0 saturated carbocycles. The van der Waals surface area contributed by atoms with Crippen LogP contribution in [0.4, 0.5) is 16.2 Å². The molecule has 2 amide bonds. The van der Waals surface area contributed by atoms with Gasteiger partial charge in [-0.25, -0.2) is 4.79 Å². The number of nitrogens with one attached hydrogen (secondary N) is 2. The van der Waals surface area contributed by atoms with Gasteiger partial charge in [-0.1, -0.05) is 34.1 Å². The van der Waals surface area contributed by atoms with Crippen molar-refractivity contribution in [1.29, 1.82) is 0 Å². The van der Waals surface area contributed by atoms with Crippen molar-refractivity contribution < 1.29 is 14.7 Å². The largest absolute Gasteiger partial charge is 0.481 e. The second-order valence-electron chi connectivity index (χ2n) is 4.64. The summed E-state index contributed by atoms with van der Waals surface area (Å²) >= 11 is 3.33. The minimum atomic E-state index is -0.867. The molecule has 0 spiro atoms. The van der Waals surface area contributed by atoms with Crippen molar-refractivity contribution in [2.45, 2.75) is 12.8 Å². The quantitative estimate of drug-likeness (QED) is 0.748. The number of aliphatic carboxylic acids is 1. The standard InChI is InChI=1S/C16H15BrN2O3/c17-12-6-8-13(9-7-12)18-16(22)19-14-4-2-1-3-11(14)5-10-15(20)21/h1-4,6-9H,5,10H2,(H,20,21)(H2,18,19,22). The van der Waals surface area contributed by atoms with Gasteiger partial charge in [0.05, 0.1) is 0 Å². The molecule has 114 valence electrons. The van der Waals surface area contributed by atoms with E-state index in [4.69, 9.17) is 5.11 Å². The van der Waals surface area contributed by atoms with Crippen LogP contribution in [0.25, 0.3) is 0 Å². The summed E-state index contributed by atoms with van der Waals surface area (Å²) in [6.45, 7) is 0. The summed E-state index contributed by atoms with van der Waals surface area (Å²) in [5.74, 6) is -0.867. The third-order valence-corrected chi connectivity index (χ3v) is 3.50. The van der Waals surface area contributed by atoms with E-state index < -0.39 is 5.97 Å². The summed E-state index contributed by atoms with van der Waals surface area (Å²) in [5, 5.41) is 14.2. The molecule has 0 aliphatic carbocycles. The highest BCUT2D eigenvalue weighted by atomic mass is 79.9. The van der Waals surface area contributed by atoms with Crippen LogP contribution in [0.1, 0.15) is 12.0 Å². The summed E-state index contributed by atoms with van der Waals surface area (Å²) in [6, 6.07) is 14.0. The first-order chi connectivity index (χ1) is 10.5. The number of carbonyl (C=O) groups is 2. The highest BCUT2D eigenvalue weighted by molar-refractivity contribution is 9.10. The Balaban J connectivity index is 2.01. The zero-order chi connectivity index (χ0) is 15.9. The Kier molecular flexibility index (Phi) is 5.55. The van der Waals surface area contributed by atoms with Crippen LogP contribution in [0.3, 0.4) is 0 Å².